The highest BCUT2D eigenvalue weighted by Gasteiger charge is 2.21. The standard InChI is InChI=1S/C19H23BrN4O/c1-13(2)12-24-9-7-16(8-10-24)21-19(25)18-11-17(22-23-18)14-3-5-15(20)6-4-14/h3-6,11,16H,1,7-10,12H2,2H3,(H,21,25)(H,22,23). The normalized spacial score (nSPS) is 15.9. The largest absolute Gasteiger partial charge is 0.348 e. The quantitative estimate of drug-likeness (QED) is 0.750. The van der Waals surface area contributed by atoms with E-state index in [-0.39, 0.29) is 11.9 Å². The van der Waals surface area contributed by atoms with E-state index in [1.165, 1.54) is 5.57 Å². The summed E-state index contributed by atoms with van der Waals surface area (Å²) in [5.74, 6) is -0.0887. The summed E-state index contributed by atoms with van der Waals surface area (Å²) in [6, 6.07) is 9.88. The first-order valence-electron chi connectivity index (χ1n) is 8.50. The molecule has 0 radical (unpaired) electrons. The Kier molecular flexibility index (Phi) is 5.71. The molecule has 2 heterocycles. The molecule has 0 unspecified atom stereocenters. The number of H-pyrrole nitrogens is 1. The number of nitrogens with one attached hydrogen (secondary N) is 2. The number of carbonyl (C=O) groups is 1. The lowest BCUT2D eigenvalue weighted by Crippen LogP contribution is -2.45. The molecule has 0 aliphatic carbocycles. The van der Waals surface area contributed by atoms with Crippen LogP contribution in [-0.2, 0) is 0 Å². The van der Waals surface area contributed by atoms with E-state index in [0.717, 1.165) is 48.2 Å². The van der Waals surface area contributed by atoms with Crippen molar-refractivity contribution in [3.63, 3.8) is 0 Å². The van der Waals surface area contributed by atoms with Crippen LogP contribution >= 0.6 is 15.9 Å². The van der Waals surface area contributed by atoms with E-state index >= 15 is 0 Å². The smallest absolute Gasteiger partial charge is 0.269 e. The summed E-state index contributed by atoms with van der Waals surface area (Å²) < 4.78 is 1.02. The van der Waals surface area contributed by atoms with Crippen LogP contribution in [0.1, 0.15) is 30.3 Å². The molecular weight excluding hydrogens is 380 g/mol. The van der Waals surface area contributed by atoms with Crippen molar-refractivity contribution in [1.29, 1.82) is 0 Å². The highest BCUT2D eigenvalue weighted by atomic mass is 79.9. The Hall–Kier alpha value is -1.92. The van der Waals surface area contributed by atoms with Crippen LogP contribution in [0.5, 0.6) is 0 Å². The van der Waals surface area contributed by atoms with Crippen LogP contribution in [0.25, 0.3) is 11.3 Å². The van der Waals surface area contributed by atoms with E-state index in [4.69, 9.17) is 0 Å². The second-order valence-corrected chi connectivity index (χ2v) is 7.57. The number of piperidine rings is 1. The van der Waals surface area contributed by atoms with Gasteiger partial charge >= 0.3 is 0 Å². The Labute approximate surface area is 156 Å². The lowest BCUT2D eigenvalue weighted by Gasteiger charge is -2.32. The first-order chi connectivity index (χ1) is 12.0. The molecule has 2 aromatic rings. The van der Waals surface area contributed by atoms with Crippen LogP contribution in [0.3, 0.4) is 0 Å². The van der Waals surface area contributed by atoms with Gasteiger partial charge in [-0.15, -0.1) is 0 Å². The lowest BCUT2D eigenvalue weighted by atomic mass is 10.0. The summed E-state index contributed by atoms with van der Waals surface area (Å²) in [5.41, 5.74) is 3.43. The Bertz CT molecular complexity index is 745. The summed E-state index contributed by atoms with van der Waals surface area (Å²) in [4.78, 5) is 14.8. The fraction of sp³-hybridized carbons (Fsp3) is 0.368. The van der Waals surface area contributed by atoms with Crippen LogP contribution < -0.4 is 5.32 Å². The topological polar surface area (TPSA) is 61.0 Å². The van der Waals surface area contributed by atoms with Crippen molar-refractivity contribution in [3.05, 3.63) is 52.7 Å². The minimum atomic E-state index is -0.0887. The van der Waals surface area contributed by atoms with E-state index in [2.05, 4.69) is 49.8 Å². The summed E-state index contributed by atoms with van der Waals surface area (Å²) in [7, 11) is 0. The number of carbonyl (C=O) groups excluding carboxylic acids is 1. The zero-order chi connectivity index (χ0) is 17.8. The van der Waals surface area contributed by atoms with Gasteiger partial charge in [0.1, 0.15) is 5.69 Å². The molecule has 1 aliphatic heterocycles. The van der Waals surface area contributed by atoms with E-state index < -0.39 is 0 Å². The molecule has 1 amide bonds. The second kappa shape index (κ2) is 7.97. The highest BCUT2D eigenvalue weighted by Crippen LogP contribution is 2.20. The van der Waals surface area contributed by atoms with Gasteiger partial charge in [0.05, 0.1) is 5.69 Å². The molecule has 5 nitrogen and oxygen atoms in total. The van der Waals surface area contributed by atoms with Crippen LogP contribution in [0.4, 0.5) is 0 Å². The Morgan fingerprint density at radius 3 is 2.68 bits per heavy atom. The van der Waals surface area contributed by atoms with Gasteiger partial charge in [0.2, 0.25) is 0 Å². The summed E-state index contributed by atoms with van der Waals surface area (Å²) in [6.45, 7) is 8.94. The van der Waals surface area contributed by atoms with Gasteiger partial charge in [-0.05, 0) is 38.0 Å². The summed E-state index contributed by atoms with van der Waals surface area (Å²) >= 11 is 3.42. The van der Waals surface area contributed by atoms with Crippen molar-refractivity contribution < 1.29 is 4.79 Å². The molecule has 3 rings (SSSR count). The Balaban J connectivity index is 1.56. The van der Waals surface area contributed by atoms with Crippen LogP contribution in [0.2, 0.25) is 0 Å². The predicted octanol–water partition coefficient (Wildman–Crippen LogP) is 3.61. The minimum absolute atomic E-state index is 0.0887. The van der Waals surface area contributed by atoms with Gasteiger partial charge in [-0.1, -0.05) is 40.2 Å². The fourth-order valence-corrected chi connectivity index (χ4v) is 3.35. The molecule has 1 aromatic heterocycles. The van der Waals surface area contributed by atoms with Gasteiger partial charge in [-0.25, -0.2) is 0 Å². The lowest BCUT2D eigenvalue weighted by molar-refractivity contribution is 0.0908. The number of aromatic amines is 1. The Morgan fingerprint density at radius 2 is 2.04 bits per heavy atom. The molecule has 0 atom stereocenters. The van der Waals surface area contributed by atoms with Gasteiger partial charge in [0.15, 0.2) is 0 Å². The van der Waals surface area contributed by atoms with Gasteiger partial charge in [0.25, 0.3) is 5.91 Å². The molecule has 1 fully saturated rings. The number of halogens is 1. The number of amides is 1. The molecule has 1 saturated heterocycles. The van der Waals surface area contributed by atoms with E-state index in [0.29, 0.717) is 5.69 Å². The molecule has 2 N–H and O–H groups in total. The summed E-state index contributed by atoms with van der Waals surface area (Å²) in [6.07, 6.45) is 1.93. The van der Waals surface area contributed by atoms with E-state index in [9.17, 15) is 4.79 Å². The Morgan fingerprint density at radius 1 is 1.36 bits per heavy atom. The van der Waals surface area contributed by atoms with Gasteiger partial charge < -0.3 is 5.32 Å². The number of rotatable bonds is 5. The third-order valence-electron chi connectivity index (χ3n) is 4.38. The minimum Gasteiger partial charge on any atom is -0.348 e. The maximum Gasteiger partial charge on any atom is 0.269 e. The third kappa shape index (κ3) is 4.80. The average Bonchev–Trinajstić information content (AvgIpc) is 3.07. The number of hydrogen-bond acceptors (Lipinski definition) is 3. The van der Waals surface area contributed by atoms with Crippen molar-refractivity contribution in [2.45, 2.75) is 25.8 Å². The fourth-order valence-electron chi connectivity index (χ4n) is 3.09. The van der Waals surface area contributed by atoms with Crippen molar-refractivity contribution >= 4 is 21.8 Å². The van der Waals surface area contributed by atoms with Crippen molar-refractivity contribution in [1.82, 2.24) is 20.4 Å². The maximum absolute atomic E-state index is 12.5. The second-order valence-electron chi connectivity index (χ2n) is 6.65. The first kappa shape index (κ1) is 17.9. The molecule has 0 saturated carbocycles. The third-order valence-corrected chi connectivity index (χ3v) is 4.91. The zero-order valence-electron chi connectivity index (χ0n) is 14.4. The molecule has 6 heteroatoms. The van der Waals surface area contributed by atoms with Gasteiger partial charge in [-0.3, -0.25) is 14.8 Å². The zero-order valence-corrected chi connectivity index (χ0v) is 16.0. The van der Waals surface area contributed by atoms with Crippen LogP contribution in [-0.4, -0.2) is 46.7 Å². The van der Waals surface area contributed by atoms with Crippen LogP contribution in [0.15, 0.2) is 47.0 Å². The molecule has 25 heavy (non-hydrogen) atoms. The first-order valence-corrected chi connectivity index (χ1v) is 9.29. The molecule has 0 bridgehead atoms. The van der Waals surface area contributed by atoms with Crippen molar-refractivity contribution in [2.24, 2.45) is 0 Å². The number of benzene rings is 1. The monoisotopic (exact) mass is 402 g/mol. The molecular formula is C19H23BrN4O. The van der Waals surface area contributed by atoms with E-state index in [1.807, 2.05) is 24.3 Å². The van der Waals surface area contributed by atoms with Crippen molar-refractivity contribution in [2.75, 3.05) is 19.6 Å². The molecule has 0 spiro atoms. The number of likely N-dealkylation sites (tertiary alicyclic amines) is 1. The van der Waals surface area contributed by atoms with E-state index in [1.54, 1.807) is 6.07 Å². The van der Waals surface area contributed by atoms with Crippen LogP contribution in [0, 0.1) is 0 Å². The van der Waals surface area contributed by atoms with Gasteiger partial charge in [0, 0.05) is 35.7 Å². The van der Waals surface area contributed by atoms with Crippen molar-refractivity contribution in [3.8, 4) is 11.3 Å². The number of hydrogen-bond donors (Lipinski definition) is 2. The molecule has 1 aromatic carbocycles. The summed E-state index contributed by atoms with van der Waals surface area (Å²) in [5, 5.41) is 10.2. The highest BCUT2D eigenvalue weighted by molar-refractivity contribution is 9.10. The van der Waals surface area contributed by atoms with Gasteiger partial charge in [-0.2, -0.15) is 5.10 Å². The SMILES string of the molecule is C=C(C)CN1CCC(NC(=O)c2cc(-c3ccc(Br)cc3)n[nH]2)CC1. The predicted molar refractivity (Wildman–Crippen MR) is 103 cm³/mol. The number of nitrogens with zero attached hydrogens (tertiary/aromatic N) is 2. The maximum atomic E-state index is 12.5. The average molecular weight is 403 g/mol. The molecule has 132 valence electrons. The molecule has 1 aliphatic rings. The number of aromatic nitrogens is 2.